The molecule has 0 aromatic heterocycles. The molecule has 5 nitrogen and oxygen atoms in total. The molecule has 1 fully saturated rings. The van der Waals surface area contributed by atoms with Crippen LogP contribution in [0, 0.1) is 11.8 Å². The SMILES string of the molecule is COCc1cc(Cl)cc(OCC2C(O)CC(Cl)C2C/C=C\CCCC(=O)O)c1. The number of methoxy groups -OCH3 is 1. The molecule has 1 saturated carbocycles. The van der Waals surface area contributed by atoms with Gasteiger partial charge in [-0.05, 0) is 55.4 Å². The van der Waals surface area contributed by atoms with Crippen LogP contribution in [0.1, 0.15) is 37.7 Å². The molecule has 2 rings (SSSR count). The van der Waals surface area contributed by atoms with Crippen molar-refractivity contribution in [2.24, 2.45) is 11.8 Å². The number of hydrogen-bond acceptors (Lipinski definition) is 4. The molecule has 1 aromatic rings. The van der Waals surface area contributed by atoms with E-state index in [-0.39, 0.29) is 23.6 Å². The van der Waals surface area contributed by atoms with Crippen LogP contribution < -0.4 is 4.74 Å². The first-order chi connectivity index (χ1) is 13.4. The molecule has 1 aliphatic carbocycles. The summed E-state index contributed by atoms with van der Waals surface area (Å²) in [6, 6.07) is 5.46. The number of unbranched alkanes of at least 4 members (excludes halogenated alkanes) is 1. The van der Waals surface area contributed by atoms with E-state index in [9.17, 15) is 9.90 Å². The van der Waals surface area contributed by atoms with Gasteiger partial charge in [0.1, 0.15) is 5.75 Å². The molecule has 156 valence electrons. The Balaban J connectivity index is 1.91. The maximum atomic E-state index is 10.5. The van der Waals surface area contributed by atoms with Crippen LogP contribution in [0.3, 0.4) is 0 Å². The van der Waals surface area contributed by atoms with Crippen molar-refractivity contribution in [3.05, 3.63) is 40.9 Å². The molecule has 0 spiro atoms. The van der Waals surface area contributed by atoms with E-state index in [2.05, 4.69) is 0 Å². The number of alkyl halides is 1. The second-order valence-corrected chi connectivity index (χ2v) is 8.18. The second kappa shape index (κ2) is 11.7. The lowest BCUT2D eigenvalue weighted by molar-refractivity contribution is -0.137. The van der Waals surface area contributed by atoms with Crippen molar-refractivity contribution in [2.45, 2.75) is 50.2 Å². The fourth-order valence-electron chi connectivity index (χ4n) is 3.58. The molecule has 1 aliphatic rings. The van der Waals surface area contributed by atoms with Gasteiger partial charge in [-0.3, -0.25) is 4.79 Å². The van der Waals surface area contributed by atoms with Crippen molar-refractivity contribution in [1.29, 1.82) is 0 Å². The maximum absolute atomic E-state index is 10.5. The number of rotatable bonds is 11. The Morgan fingerprint density at radius 2 is 2.07 bits per heavy atom. The highest BCUT2D eigenvalue weighted by Crippen LogP contribution is 2.39. The van der Waals surface area contributed by atoms with Crippen molar-refractivity contribution in [3.8, 4) is 5.75 Å². The van der Waals surface area contributed by atoms with Gasteiger partial charge in [0.25, 0.3) is 0 Å². The zero-order valence-electron chi connectivity index (χ0n) is 16.0. The fraction of sp³-hybridized carbons (Fsp3) is 0.571. The van der Waals surface area contributed by atoms with Crippen LogP contribution in [0.4, 0.5) is 0 Å². The van der Waals surface area contributed by atoms with Crippen molar-refractivity contribution < 1.29 is 24.5 Å². The summed E-state index contributed by atoms with van der Waals surface area (Å²) in [4.78, 5) is 10.5. The van der Waals surface area contributed by atoms with E-state index >= 15 is 0 Å². The number of aliphatic hydroxyl groups is 1. The van der Waals surface area contributed by atoms with Gasteiger partial charge >= 0.3 is 5.97 Å². The predicted molar refractivity (Wildman–Crippen MR) is 110 cm³/mol. The van der Waals surface area contributed by atoms with Crippen LogP contribution in [0.2, 0.25) is 5.02 Å². The molecule has 0 heterocycles. The van der Waals surface area contributed by atoms with Crippen LogP contribution in [0.15, 0.2) is 30.4 Å². The normalized spacial score (nSPS) is 24.7. The fourth-order valence-corrected chi connectivity index (χ4v) is 4.30. The van der Waals surface area contributed by atoms with Gasteiger partial charge in [-0.15, -0.1) is 11.6 Å². The lowest BCUT2D eigenvalue weighted by Gasteiger charge is -2.23. The highest BCUT2D eigenvalue weighted by atomic mass is 35.5. The van der Waals surface area contributed by atoms with Crippen LogP contribution >= 0.6 is 23.2 Å². The molecule has 0 amide bonds. The van der Waals surface area contributed by atoms with E-state index in [4.69, 9.17) is 37.8 Å². The van der Waals surface area contributed by atoms with Crippen LogP contribution in [0.25, 0.3) is 0 Å². The summed E-state index contributed by atoms with van der Waals surface area (Å²) in [6.45, 7) is 0.802. The minimum Gasteiger partial charge on any atom is -0.493 e. The van der Waals surface area contributed by atoms with Gasteiger partial charge < -0.3 is 19.7 Å². The third-order valence-corrected chi connectivity index (χ3v) is 5.72. The lowest BCUT2D eigenvalue weighted by Crippen LogP contribution is -2.27. The molecule has 4 atom stereocenters. The predicted octanol–water partition coefficient (Wildman–Crippen LogP) is 4.67. The second-order valence-electron chi connectivity index (χ2n) is 7.18. The summed E-state index contributed by atoms with van der Waals surface area (Å²) in [5.74, 6) is -0.103. The number of carbonyl (C=O) groups is 1. The third kappa shape index (κ3) is 7.28. The molecule has 2 N–H and O–H groups in total. The summed E-state index contributed by atoms with van der Waals surface area (Å²) in [6.07, 6.45) is 6.30. The van der Waals surface area contributed by atoms with E-state index in [0.717, 1.165) is 18.4 Å². The molecule has 4 unspecified atom stereocenters. The van der Waals surface area contributed by atoms with Crippen LogP contribution in [-0.2, 0) is 16.1 Å². The van der Waals surface area contributed by atoms with E-state index in [1.165, 1.54) is 0 Å². The number of ether oxygens (including phenoxy) is 2. The number of allylic oxidation sites excluding steroid dienone is 2. The quantitative estimate of drug-likeness (QED) is 0.303. The minimum absolute atomic E-state index is 0.0731. The maximum Gasteiger partial charge on any atom is 0.303 e. The van der Waals surface area contributed by atoms with Gasteiger partial charge in [-0.1, -0.05) is 23.8 Å². The topological polar surface area (TPSA) is 76.0 Å². The number of aliphatic carboxylic acids is 1. The number of halogens is 2. The van der Waals surface area contributed by atoms with Crippen molar-refractivity contribution in [3.63, 3.8) is 0 Å². The number of aliphatic hydroxyl groups excluding tert-OH is 1. The highest BCUT2D eigenvalue weighted by molar-refractivity contribution is 6.30. The van der Waals surface area contributed by atoms with Gasteiger partial charge in [0.15, 0.2) is 0 Å². The molecule has 7 heteroatoms. The van der Waals surface area contributed by atoms with Crippen molar-refractivity contribution in [1.82, 2.24) is 0 Å². The summed E-state index contributed by atoms with van der Waals surface area (Å²) < 4.78 is 11.1. The minimum atomic E-state index is -0.778. The van der Waals surface area contributed by atoms with Crippen LogP contribution in [0.5, 0.6) is 5.75 Å². The van der Waals surface area contributed by atoms with Crippen LogP contribution in [-0.4, -0.2) is 41.4 Å². The molecular formula is C21H28Cl2O5. The molecule has 0 bridgehead atoms. The number of benzene rings is 1. The Morgan fingerprint density at radius 1 is 1.29 bits per heavy atom. The Kier molecular flexibility index (Phi) is 9.59. The smallest absolute Gasteiger partial charge is 0.303 e. The molecular weight excluding hydrogens is 403 g/mol. The molecule has 0 aliphatic heterocycles. The average molecular weight is 431 g/mol. The van der Waals surface area contributed by atoms with Gasteiger partial charge in [-0.2, -0.15) is 0 Å². The first-order valence-corrected chi connectivity index (χ1v) is 10.3. The van der Waals surface area contributed by atoms with E-state index in [1.807, 2.05) is 24.3 Å². The van der Waals surface area contributed by atoms with E-state index in [1.54, 1.807) is 13.2 Å². The standard InChI is InChI=1S/C21H28Cl2O5/c1-27-12-14-8-15(22)10-16(9-14)28-13-18-17(19(23)11-20(18)24)6-4-2-3-5-7-21(25)26/h2,4,8-10,17-20,24H,3,5-7,11-13H2,1H3,(H,25,26)/b4-2-. The molecule has 0 saturated heterocycles. The zero-order chi connectivity index (χ0) is 20.5. The Bertz CT molecular complexity index is 664. The number of carboxylic acids is 1. The highest BCUT2D eigenvalue weighted by Gasteiger charge is 2.41. The molecule has 1 aromatic carbocycles. The Morgan fingerprint density at radius 3 is 2.79 bits per heavy atom. The molecule has 28 heavy (non-hydrogen) atoms. The lowest BCUT2D eigenvalue weighted by atomic mass is 9.92. The number of carboxylic acid groups (broad SMARTS) is 1. The van der Waals surface area contributed by atoms with Crippen molar-refractivity contribution >= 4 is 29.2 Å². The Hall–Kier alpha value is -1.27. The first kappa shape index (κ1) is 23.0. The summed E-state index contributed by atoms with van der Waals surface area (Å²) in [7, 11) is 1.62. The van der Waals surface area contributed by atoms with Gasteiger partial charge in [0, 0.05) is 29.8 Å². The molecule has 0 radical (unpaired) electrons. The van der Waals surface area contributed by atoms with Crippen molar-refractivity contribution in [2.75, 3.05) is 13.7 Å². The van der Waals surface area contributed by atoms with Gasteiger partial charge in [0.2, 0.25) is 0 Å². The van der Waals surface area contributed by atoms with E-state index < -0.39 is 12.1 Å². The van der Waals surface area contributed by atoms with E-state index in [0.29, 0.717) is 36.8 Å². The Labute approximate surface area is 176 Å². The number of hydrogen-bond donors (Lipinski definition) is 2. The van der Waals surface area contributed by atoms with Gasteiger partial charge in [-0.25, -0.2) is 0 Å². The zero-order valence-corrected chi connectivity index (χ0v) is 17.5. The summed E-state index contributed by atoms with van der Waals surface area (Å²) in [5, 5.41) is 19.5. The monoisotopic (exact) mass is 430 g/mol. The largest absolute Gasteiger partial charge is 0.493 e. The van der Waals surface area contributed by atoms with Gasteiger partial charge in [0.05, 0.1) is 19.3 Å². The summed E-state index contributed by atoms with van der Waals surface area (Å²) in [5.41, 5.74) is 0.924. The third-order valence-electron chi connectivity index (χ3n) is 5.00. The average Bonchev–Trinajstić information content (AvgIpc) is 2.88. The first-order valence-electron chi connectivity index (χ1n) is 9.50. The summed E-state index contributed by atoms with van der Waals surface area (Å²) >= 11 is 12.6.